The maximum absolute atomic E-state index is 6.33. The number of hydrogen-bond acceptors (Lipinski definition) is 2. The van der Waals surface area contributed by atoms with Gasteiger partial charge in [-0.3, -0.25) is 0 Å². The zero-order valence-corrected chi connectivity index (χ0v) is 12.7. The van der Waals surface area contributed by atoms with Crippen LogP contribution in [0.5, 0.6) is 11.5 Å². The minimum atomic E-state index is 0.0689. The molecule has 3 unspecified atom stereocenters. The molecule has 0 aromatic heterocycles. The van der Waals surface area contributed by atoms with E-state index in [1.54, 1.807) is 0 Å². The summed E-state index contributed by atoms with van der Waals surface area (Å²) in [5.74, 6) is 1.67. The van der Waals surface area contributed by atoms with Gasteiger partial charge < -0.3 is 9.47 Å². The molecule has 1 aromatic rings. The summed E-state index contributed by atoms with van der Waals surface area (Å²) in [5.41, 5.74) is 0.0689. The van der Waals surface area contributed by atoms with Crippen molar-refractivity contribution in [2.24, 2.45) is 5.41 Å². The van der Waals surface area contributed by atoms with Crippen LogP contribution in [0.2, 0.25) is 0 Å². The average Bonchev–Trinajstić information content (AvgIpc) is 2.45. The van der Waals surface area contributed by atoms with Gasteiger partial charge in [-0.25, -0.2) is 0 Å². The third-order valence-electron chi connectivity index (χ3n) is 4.21. The Morgan fingerprint density at radius 3 is 2.53 bits per heavy atom. The van der Waals surface area contributed by atoms with E-state index in [1.165, 1.54) is 0 Å². The second-order valence-electron chi connectivity index (χ2n) is 5.46. The number of hydrogen-bond donors (Lipinski definition) is 0. The first-order valence-electron chi connectivity index (χ1n) is 7.14. The fourth-order valence-corrected chi connectivity index (χ4v) is 2.89. The van der Waals surface area contributed by atoms with Crippen LogP contribution in [0.4, 0.5) is 0 Å². The molecule has 3 heteroatoms. The van der Waals surface area contributed by atoms with Crippen molar-refractivity contribution < 1.29 is 9.47 Å². The smallest absolute Gasteiger partial charge is 0.161 e. The van der Waals surface area contributed by atoms with Crippen LogP contribution in [-0.2, 0) is 0 Å². The maximum Gasteiger partial charge on any atom is 0.161 e. The molecule has 0 N–H and O–H groups in total. The van der Waals surface area contributed by atoms with E-state index in [1.807, 2.05) is 24.3 Å². The van der Waals surface area contributed by atoms with E-state index in [4.69, 9.17) is 21.1 Å². The molecule has 1 saturated carbocycles. The van der Waals surface area contributed by atoms with Gasteiger partial charge in [0.15, 0.2) is 11.5 Å². The number of ether oxygens (including phenoxy) is 2. The lowest BCUT2D eigenvalue weighted by Gasteiger charge is -2.50. The van der Waals surface area contributed by atoms with Gasteiger partial charge in [-0.05, 0) is 25.0 Å². The molecule has 1 aliphatic rings. The normalized spacial score (nSPS) is 29.7. The van der Waals surface area contributed by atoms with E-state index in [-0.39, 0.29) is 16.9 Å². The van der Waals surface area contributed by atoms with Crippen LogP contribution in [0.15, 0.2) is 24.3 Å². The highest BCUT2D eigenvalue weighted by molar-refractivity contribution is 6.21. The van der Waals surface area contributed by atoms with E-state index in [0.29, 0.717) is 6.61 Å². The molecule has 1 aliphatic carbocycles. The number of para-hydroxylation sites is 2. The van der Waals surface area contributed by atoms with Crippen molar-refractivity contribution in [2.75, 3.05) is 6.61 Å². The zero-order chi connectivity index (χ0) is 13.9. The lowest BCUT2D eigenvalue weighted by atomic mass is 9.65. The molecular formula is C16H23ClO2. The van der Waals surface area contributed by atoms with E-state index in [9.17, 15) is 0 Å². The van der Waals surface area contributed by atoms with Gasteiger partial charge in [-0.1, -0.05) is 32.9 Å². The predicted molar refractivity (Wildman–Crippen MR) is 79.3 cm³/mol. The van der Waals surface area contributed by atoms with Crippen LogP contribution in [0, 0.1) is 5.41 Å². The van der Waals surface area contributed by atoms with Gasteiger partial charge in [0.1, 0.15) is 6.10 Å². The third kappa shape index (κ3) is 2.84. The Morgan fingerprint density at radius 1 is 1.26 bits per heavy atom. The Bertz CT molecular complexity index is 421. The molecule has 0 amide bonds. The first-order chi connectivity index (χ1) is 9.11. The molecule has 1 aromatic carbocycles. The molecule has 3 atom stereocenters. The maximum atomic E-state index is 6.33. The summed E-state index contributed by atoms with van der Waals surface area (Å²) >= 11 is 6.33. The van der Waals surface area contributed by atoms with Crippen LogP contribution in [0.25, 0.3) is 0 Å². The molecule has 0 spiro atoms. The summed E-state index contributed by atoms with van der Waals surface area (Å²) in [4.78, 5) is 0. The molecule has 106 valence electrons. The van der Waals surface area contributed by atoms with Gasteiger partial charge in [0.05, 0.1) is 6.61 Å². The van der Waals surface area contributed by atoms with Crippen molar-refractivity contribution in [1.82, 2.24) is 0 Å². The minimum absolute atomic E-state index is 0.0689. The van der Waals surface area contributed by atoms with Crippen molar-refractivity contribution in [3.05, 3.63) is 24.3 Å². The van der Waals surface area contributed by atoms with Crippen LogP contribution < -0.4 is 9.47 Å². The molecule has 1 fully saturated rings. The Labute approximate surface area is 121 Å². The van der Waals surface area contributed by atoms with Crippen LogP contribution in [0.1, 0.15) is 40.0 Å². The SMILES string of the molecule is CCCOc1ccccc1OC1CC(Cl)C1(C)CC. The summed E-state index contributed by atoms with van der Waals surface area (Å²) in [5, 5.41) is 0.214. The highest BCUT2D eigenvalue weighted by Crippen LogP contribution is 2.49. The monoisotopic (exact) mass is 282 g/mol. The lowest BCUT2D eigenvalue weighted by Crippen LogP contribution is -2.55. The summed E-state index contributed by atoms with van der Waals surface area (Å²) in [7, 11) is 0. The van der Waals surface area contributed by atoms with Crippen molar-refractivity contribution in [3.8, 4) is 11.5 Å². The number of rotatable bonds is 6. The highest BCUT2D eigenvalue weighted by atomic mass is 35.5. The standard InChI is InChI=1S/C16H23ClO2/c1-4-10-18-12-8-6-7-9-13(12)19-15-11-14(17)16(15,3)5-2/h6-9,14-15H,4-5,10-11H2,1-3H3. The minimum Gasteiger partial charge on any atom is -0.490 e. The third-order valence-corrected chi connectivity index (χ3v) is 4.89. The van der Waals surface area contributed by atoms with Crippen LogP contribution >= 0.6 is 11.6 Å². The van der Waals surface area contributed by atoms with E-state index >= 15 is 0 Å². The van der Waals surface area contributed by atoms with Crippen molar-refractivity contribution in [1.29, 1.82) is 0 Å². The van der Waals surface area contributed by atoms with Crippen molar-refractivity contribution in [2.45, 2.75) is 51.5 Å². The fourth-order valence-electron chi connectivity index (χ4n) is 2.43. The molecule has 0 saturated heterocycles. The number of halogens is 1. The highest BCUT2D eigenvalue weighted by Gasteiger charge is 2.51. The molecule has 0 bridgehead atoms. The van der Waals surface area contributed by atoms with Crippen LogP contribution in [-0.4, -0.2) is 18.1 Å². The quantitative estimate of drug-likeness (QED) is 0.707. The number of alkyl halides is 1. The van der Waals surface area contributed by atoms with Crippen molar-refractivity contribution >= 4 is 11.6 Å². The zero-order valence-electron chi connectivity index (χ0n) is 12.0. The first kappa shape index (κ1) is 14.5. The Kier molecular flexibility index (Phi) is 4.62. The van der Waals surface area contributed by atoms with Gasteiger partial charge >= 0.3 is 0 Å². The molecule has 0 radical (unpaired) electrons. The predicted octanol–water partition coefficient (Wildman–Crippen LogP) is 4.65. The van der Waals surface area contributed by atoms with E-state index in [0.717, 1.165) is 30.8 Å². The van der Waals surface area contributed by atoms with Crippen LogP contribution in [0.3, 0.4) is 0 Å². The molecule has 0 aliphatic heterocycles. The van der Waals surface area contributed by atoms with Gasteiger partial charge in [-0.2, -0.15) is 0 Å². The van der Waals surface area contributed by atoms with Gasteiger partial charge in [-0.15, -0.1) is 11.6 Å². The average molecular weight is 283 g/mol. The molecule has 2 nitrogen and oxygen atoms in total. The Morgan fingerprint density at radius 2 is 1.95 bits per heavy atom. The van der Waals surface area contributed by atoms with Gasteiger partial charge in [0.2, 0.25) is 0 Å². The fraction of sp³-hybridized carbons (Fsp3) is 0.625. The Hall–Kier alpha value is -0.890. The van der Waals surface area contributed by atoms with Gasteiger partial charge in [0, 0.05) is 17.2 Å². The second kappa shape index (κ2) is 6.04. The molecule has 0 heterocycles. The summed E-state index contributed by atoms with van der Waals surface area (Å²) in [6, 6.07) is 7.89. The Balaban J connectivity index is 2.07. The second-order valence-corrected chi connectivity index (χ2v) is 5.99. The first-order valence-corrected chi connectivity index (χ1v) is 7.58. The summed E-state index contributed by atoms with van der Waals surface area (Å²) in [6.07, 6.45) is 3.12. The molecule has 19 heavy (non-hydrogen) atoms. The lowest BCUT2D eigenvalue weighted by molar-refractivity contribution is -0.0309. The van der Waals surface area contributed by atoms with Gasteiger partial charge in [0.25, 0.3) is 0 Å². The summed E-state index contributed by atoms with van der Waals surface area (Å²) in [6.45, 7) is 7.19. The topological polar surface area (TPSA) is 18.5 Å². The number of benzene rings is 1. The molecule has 2 rings (SSSR count). The van der Waals surface area contributed by atoms with E-state index < -0.39 is 0 Å². The summed E-state index contributed by atoms with van der Waals surface area (Å²) < 4.78 is 11.9. The van der Waals surface area contributed by atoms with Crippen molar-refractivity contribution in [3.63, 3.8) is 0 Å². The molecular weight excluding hydrogens is 260 g/mol. The van der Waals surface area contributed by atoms with E-state index in [2.05, 4.69) is 20.8 Å². The largest absolute Gasteiger partial charge is 0.490 e.